The summed E-state index contributed by atoms with van der Waals surface area (Å²) in [6, 6.07) is 0. The number of amides is 1. The van der Waals surface area contributed by atoms with Gasteiger partial charge in [-0.3, -0.25) is 10.0 Å². The zero-order chi connectivity index (χ0) is 19.8. The quantitative estimate of drug-likeness (QED) is 0.326. The topological polar surface area (TPSA) is 58.6 Å². The van der Waals surface area contributed by atoms with Gasteiger partial charge in [0.05, 0.1) is 12.2 Å². The Morgan fingerprint density at radius 3 is 2.61 bits per heavy atom. The monoisotopic (exact) mass is 429 g/mol. The molecular formula is C22H39NO3S2. The maximum atomic E-state index is 11.1. The number of rotatable bonds is 12. The van der Waals surface area contributed by atoms with Crippen molar-refractivity contribution < 1.29 is 14.7 Å². The zero-order valence-electron chi connectivity index (χ0n) is 17.4. The van der Waals surface area contributed by atoms with E-state index in [0.29, 0.717) is 23.9 Å². The maximum Gasteiger partial charge on any atom is 0.243 e. The third-order valence-corrected chi connectivity index (χ3v) is 9.58. The second kappa shape index (κ2) is 12.1. The molecule has 2 saturated heterocycles. The predicted molar refractivity (Wildman–Crippen MR) is 119 cm³/mol. The van der Waals surface area contributed by atoms with Gasteiger partial charge in [0, 0.05) is 11.7 Å². The number of nitrogens with one attached hydrogen (secondary N) is 1. The molecule has 0 spiro atoms. The SMILES string of the molecule is CC(CCCC(=O)NO)SCCC1C2CCC(O2)C1CSCC1CCCCC1. The largest absolute Gasteiger partial charge is 0.374 e. The Kier molecular flexibility index (Phi) is 9.81. The fourth-order valence-electron chi connectivity index (χ4n) is 5.32. The van der Waals surface area contributed by atoms with Gasteiger partial charge < -0.3 is 4.74 Å². The van der Waals surface area contributed by atoms with E-state index >= 15 is 0 Å². The van der Waals surface area contributed by atoms with Crippen LogP contribution in [0, 0.1) is 17.8 Å². The van der Waals surface area contributed by atoms with Crippen LogP contribution in [-0.4, -0.2) is 45.8 Å². The molecule has 1 amide bonds. The Hall–Kier alpha value is 0.0900. The van der Waals surface area contributed by atoms with Crippen molar-refractivity contribution in [3.8, 4) is 0 Å². The van der Waals surface area contributed by atoms with Crippen molar-refractivity contribution in [3.05, 3.63) is 0 Å². The molecule has 2 aliphatic heterocycles. The van der Waals surface area contributed by atoms with Crippen LogP contribution < -0.4 is 5.48 Å². The molecule has 0 aromatic rings. The lowest BCUT2D eigenvalue weighted by Crippen LogP contribution is -2.30. The van der Waals surface area contributed by atoms with Crippen LogP contribution in [0.2, 0.25) is 0 Å². The normalized spacial score (nSPS) is 31.2. The van der Waals surface area contributed by atoms with E-state index in [1.807, 2.05) is 11.8 Å². The Bertz CT molecular complexity index is 473. The van der Waals surface area contributed by atoms with Crippen molar-refractivity contribution in [1.82, 2.24) is 5.48 Å². The molecule has 4 nitrogen and oxygen atoms in total. The molecule has 5 unspecified atom stereocenters. The van der Waals surface area contributed by atoms with E-state index in [0.717, 1.165) is 30.6 Å². The first-order valence-corrected chi connectivity index (χ1v) is 13.7. The fourth-order valence-corrected chi connectivity index (χ4v) is 8.00. The molecular weight excluding hydrogens is 390 g/mol. The first-order chi connectivity index (χ1) is 13.7. The molecule has 162 valence electrons. The summed E-state index contributed by atoms with van der Waals surface area (Å²) in [7, 11) is 0. The molecule has 5 atom stereocenters. The third kappa shape index (κ3) is 6.82. The molecule has 3 fully saturated rings. The van der Waals surface area contributed by atoms with E-state index in [-0.39, 0.29) is 5.91 Å². The molecule has 2 bridgehead atoms. The Labute approximate surface area is 179 Å². The van der Waals surface area contributed by atoms with Crippen LogP contribution in [0.5, 0.6) is 0 Å². The summed E-state index contributed by atoms with van der Waals surface area (Å²) in [5.41, 5.74) is 1.72. The van der Waals surface area contributed by atoms with Crippen molar-refractivity contribution in [2.45, 2.75) is 95.0 Å². The first-order valence-electron chi connectivity index (χ1n) is 11.4. The summed E-state index contributed by atoms with van der Waals surface area (Å²) in [6.45, 7) is 2.26. The van der Waals surface area contributed by atoms with Crippen LogP contribution in [0.25, 0.3) is 0 Å². The van der Waals surface area contributed by atoms with Crippen molar-refractivity contribution in [2.24, 2.45) is 17.8 Å². The van der Waals surface area contributed by atoms with E-state index in [4.69, 9.17) is 9.94 Å². The summed E-state index contributed by atoms with van der Waals surface area (Å²) >= 11 is 4.25. The minimum absolute atomic E-state index is 0.273. The number of hydrogen-bond acceptors (Lipinski definition) is 5. The van der Waals surface area contributed by atoms with Crippen molar-refractivity contribution in [1.29, 1.82) is 0 Å². The summed E-state index contributed by atoms with van der Waals surface area (Å²) < 4.78 is 6.31. The standard InChI is InChI=1S/C22H39NO3S2/c1-16(6-5-9-22(24)23-25)28-13-12-18-19(21-11-10-20(18)26-21)15-27-14-17-7-3-2-4-8-17/h16-21,25H,2-15H2,1H3,(H,23,24). The minimum atomic E-state index is -0.273. The molecule has 0 radical (unpaired) electrons. The highest BCUT2D eigenvalue weighted by Gasteiger charge is 2.48. The average Bonchev–Trinajstić information content (AvgIpc) is 3.31. The van der Waals surface area contributed by atoms with E-state index in [9.17, 15) is 4.79 Å². The number of carbonyl (C=O) groups excluding carboxylic acids is 1. The smallest absolute Gasteiger partial charge is 0.243 e. The van der Waals surface area contributed by atoms with E-state index < -0.39 is 0 Å². The highest BCUT2D eigenvalue weighted by molar-refractivity contribution is 7.99. The van der Waals surface area contributed by atoms with Gasteiger partial charge in [-0.1, -0.05) is 26.2 Å². The third-order valence-electron chi connectivity index (χ3n) is 6.97. The van der Waals surface area contributed by atoms with Crippen LogP contribution in [0.1, 0.15) is 77.6 Å². The number of hydrogen-bond donors (Lipinski definition) is 2. The van der Waals surface area contributed by atoms with Crippen LogP contribution in [0.3, 0.4) is 0 Å². The van der Waals surface area contributed by atoms with E-state index in [1.165, 1.54) is 68.6 Å². The van der Waals surface area contributed by atoms with E-state index in [2.05, 4.69) is 18.7 Å². The number of hydroxylamine groups is 1. The van der Waals surface area contributed by atoms with Gasteiger partial charge in [0.25, 0.3) is 0 Å². The number of ether oxygens (including phenoxy) is 1. The molecule has 3 rings (SSSR count). The van der Waals surface area contributed by atoms with Gasteiger partial charge >= 0.3 is 0 Å². The highest BCUT2D eigenvalue weighted by Crippen LogP contribution is 2.47. The Morgan fingerprint density at radius 1 is 1.11 bits per heavy atom. The lowest BCUT2D eigenvalue weighted by Gasteiger charge is -2.29. The number of fused-ring (bicyclic) bond motifs is 2. The molecule has 3 aliphatic rings. The summed E-state index contributed by atoms with van der Waals surface area (Å²) in [5, 5.41) is 9.13. The fraction of sp³-hybridized carbons (Fsp3) is 0.955. The van der Waals surface area contributed by atoms with E-state index in [1.54, 1.807) is 5.48 Å². The molecule has 1 aliphatic carbocycles. The van der Waals surface area contributed by atoms with Gasteiger partial charge in [-0.25, -0.2) is 5.48 Å². The molecule has 2 heterocycles. The molecule has 1 saturated carbocycles. The van der Waals surface area contributed by atoms with Crippen LogP contribution in [0.15, 0.2) is 0 Å². The second-order valence-electron chi connectivity index (χ2n) is 9.06. The van der Waals surface area contributed by atoms with Gasteiger partial charge in [0.2, 0.25) is 5.91 Å². The lowest BCUT2D eigenvalue weighted by molar-refractivity contribution is -0.129. The zero-order valence-corrected chi connectivity index (χ0v) is 19.1. The summed E-state index contributed by atoms with van der Waals surface area (Å²) in [4.78, 5) is 11.1. The lowest BCUT2D eigenvalue weighted by atomic mass is 9.79. The Balaban J connectivity index is 1.33. The maximum absolute atomic E-state index is 11.1. The van der Waals surface area contributed by atoms with Crippen LogP contribution in [0.4, 0.5) is 0 Å². The Morgan fingerprint density at radius 2 is 1.86 bits per heavy atom. The molecule has 0 aromatic heterocycles. The summed E-state index contributed by atoms with van der Waals surface area (Å²) in [6.07, 6.45) is 14.5. The first kappa shape index (κ1) is 22.8. The van der Waals surface area contributed by atoms with Crippen molar-refractivity contribution in [2.75, 3.05) is 17.3 Å². The van der Waals surface area contributed by atoms with Crippen molar-refractivity contribution >= 4 is 29.4 Å². The molecule has 28 heavy (non-hydrogen) atoms. The average molecular weight is 430 g/mol. The predicted octanol–water partition coefficient (Wildman–Crippen LogP) is 5.28. The molecule has 0 aromatic carbocycles. The van der Waals surface area contributed by atoms with Gasteiger partial charge in [-0.2, -0.15) is 23.5 Å². The van der Waals surface area contributed by atoms with Crippen LogP contribution in [-0.2, 0) is 9.53 Å². The number of carbonyl (C=O) groups is 1. The van der Waals surface area contributed by atoms with Crippen molar-refractivity contribution in [3.63, 3.8) is 0 Å². The number of thioether (sulfide) groups is 2. The molecule has 6 heteroatoms. The van der Waals surface area contributed by atoms with Gasteiger partial charge in [-0.15, -0.1) is 0 Å². The second-order valence-corrected chi connectivity index (χ2v) is 11.7. The minimum Gasteiger partial charge on any atom is -0.374 e. The van der Waals surface area contributed by atoms with Gasteiger partial charge in [-0.05, 0) is 80.0 Å². The van der Waals surface area contributed by atoms with Gasteiger partial charge in [0.1, 0.15) is 0 Å². The summed E-state index contributed by atoms with van der Waals surface area (Å²) in [5.74, 6) is 6.11. The highest BCUT2D eigenvalue weighted by atomic mass is 32.2. The van der Waals surface area contributed by atoms with Gasteiger partial charge in [0.15, 0.2) is 0 Å². The van der Waals surface area contributed by atoms with Crippen LogP contribution >= 0.6 is 23.5 Å². The molecule has 2 N–H and O–H groups in total.